The molecule has 7 nitrogen and oxygen atoms in total. The van der Waals surface area contributed by atoms with Gasteiger partial charge in [-0.05, 0) is 68.5 Å². The van der Waals surface area contributed by atoms with Gasteiger partial charge < -0.3 is 20.9 Å². The summed E-state index contributed by atoms with van der Waals surface area (Å²) in [7, 11) is 0. The minimum atomic E-state index is -1.34. The summed E-state index contributed by atoms with van der Waals surface area (Å²) in [6.07, 6.45) is 1.80. The molecular formula is C25H27F3N4O3. The van der Waals surface area contributed by atoms with Crippen molar-refractivity contribution < 1.29 is 27.6 Å². The van der Waals surface area contributed by atoms with Gasteiger partial charge in [0.05, 0.1) is 0 Å². The van der Waals surface area contributed by atoms with Crippen LogP contribution in [-0.2, 0) is 4.79 Å². The second-order valence-corrected chi connectivity index (χ2v) is 9.01. The van der Waals surface area contributed by atoms with E-state index in [1.165, 1.54) is 17.0 Å². The molecule has 2 aromatic carbocycles. The zero-order valence-electron chi connectivity index (χ0n) is 19.1. The lowest BCUT2D eigenvalue weighted by Crippen LogP contribution is -2.64. The molecule has 2 aliphatic rings. The molecule has 0 spiro atoms. The molecule has 1 saturated heterocycles. The van der Waals surface area contributed by atoms with Crippen molar-refractivity contribution in [3.05, 3.63) is 71.0 Å². The average Bonchev–Trinajstić information content (AvgIpc) is 2.84. The van der Waals surface area contributed by atoms with E-state index < -0.39 is 41.3 Å². The summed E-state index contributed by atoms with van der Waals surface area (Å²) in [5.41, 5.74) is 5.84. The number of hydrogen-bond donors (Lipinski definition) is 2. The number of hydrogen-bond acceptors (Lipinski definition) is 4. The van der Waals surface area contributed by atoms with Crippen molar-refractivity contribution in [1.82, 2.24) is 15.1 Å². The molecule has 0 bridgehead atoms. The minimum Gasteiger partial charge on any atom is -0.350 e. The highest BCUT2D eigenvalue weighted by Crippen LogP contribution is 2.23. The Morgan fingerprint density at radius 3 is 1.89 bits per heavy atom. The van der Waals surface area contributed by atoms with Crippen molar-refractivity contribution in [2.45, 2.75) is 50.4 Å². The molecule has 1 saturated carbocycles. The third kappa shape index (κ3) is 5.64. The lowest BCUT2D eigenvalue weighted by Gasteiger charge is -2.43. The van der Waals surface area contributed by atoms with Crippen molar-refractivity contribution in [3.8, 4) is 0 Å². The zero-order valence-corrected chi connectivity index (χ0v) is 19.1. The Kier molecular flexibility index (Phi) is 7.39. The number of halogens is 3. The Labute approximate surface area is 201 Å². The van der Waals surface area contributed by atoms with Crippen molar-refractivity contribution in [2.24, 2.45) is 5.73 Å². The Morgan fingerprint density at radius 1 is 0.771 bits per heavy atom. The summed E-state index contributed by atoms with van der Waals surface area (Å²) >= 11 is 0. The SMILES string of the molecule is NC1CCC(NC(=O)C2N(C(=O)c3ccc(F)cc3)CCCN2C(=O)c2cc(F)cc(F)c2)CC1. The van der Waals surface area contributed by atoms with E-state index in [0.29, 0.717) is 25.3 Å². The molecule has 0 radical (unpaired) electrons. The molecule has 1 heterocycles. The van der Waals surface area contributed by atoms with E-state index in [2.05, 4.69) is 5.32 Å². The van der Waals surface area contributed by atoms with Crippen molar-refractivity contribution in [2.75, 3.05) is 13.1 Å². The molecule has 3 amide bonds. The van der Waals surface area contributed by atoms with Crippen LogP contribution in [0.4, 0.5) is 13.2 Å². The molecular weight excluding hydrogens is 461 g/mol. The van der Waals surface area contributed by atoms with Crippen LogP contribution < -0.4 is 11.1 Å². The largest absolute Gasteiger partial charge is 0.350 e. The van der Waals surface area contributed by atoms with Gasteiger partial charge >= 0.3 is 0 Å². The summed E-state index contributed by atoms with van der Waals surface area (Å²) in [5, 5.41) is 2.92. The first-order valence-electron chi connectivity index (χ1n) is 11.6. The lowest BCUT2D eigenvalue weighted by molar-refractivity contribution is -0.133. The van der Waals surface area contributed by atoms with Gasteiger partial charge in [-0.3, -0.25) is 14.4 Å². The first-order chi connectivity index (χ1) is 16.7. The third-order valence-corrected chi connectivity index (χ3v) is 6.46. The predicted octanol–water partition coefficient (Wildman–Crippen LogP) is 2.80. The van der Waals surface area contributed by atoms with Gasteiger partial charge in [-0.2, -0.15) is 0 Å². The highest BCUT2D eigenvalue weighted by molar-refractivity contribution is 6.01. The van der Waals surface area contributed by atoms with Gasteiger partial charge in [0.15, 0.2) is 6.17 Å². The number of nitrogens with zero attached hydrogens (tertiary/aromatic N) is 2. The van der Waals surface area contributed by atoms with Gasteiger partial charge in [-0.25, -0.2) is 13.2 Å². The van der Waals surface area contributed by atoms with E-state index in [0.717, 1.165) is 42.0 Å². The van der Waals surface area contributed by atoms with E-state index >= 15 is 0 Å². The summed E-state index contributed by atoms with van der Waals surface area (Å²) in [4.78, 5) is 42.5. The molecule has 186 valence electrons. The predicted molar refractivity (Wildman–Crippen MR) is 122 cm³/mol. The van der Waals surface area contributed by atoms with Crippen LogP contribution in [-0.4, -0.2) is 58.9 Å². The maximum atomic E-state index is 13.8. The van der Waals surface area contributed by atoms with Crippen LogP contribution in [0, 0.1) is 17.5 Å². The quantitative estimate of drug-likeness (QED) is 0.692. The standard InChI is InChI=1S/C25H27F3N4O3/c26-17-4-2-15(3-5-17)24(34)31-10-1-11-32(25(35)16-12-18(27)14-19(28)13-16)23(31)22(33)30-21-8-6-20(29)7-9-21/h2-5,12-14,20-21,23H,1,6-11,29H2,(H,30,33). The van der Waals surface area contributed by atoms with E-state index in [1.54, 1.807) is 0 Å². The molecule has 2 fully saturated rings. The van der Waals surface area contributed by atoms with E-state index in [4.69, 9.17) is 5.73 Å². The molecule has 35 heavy (non-hydrogen) atoms. The van der Waals surface area contributed by atoms with E-state index in [-0.39, 0.29) is 36.3 Å². The molecule has 3 N–H and O–H groups in total. The number of rotatable bonds is 4. The number of amides is 3. The van der Waals surface area contributed by atoms with Crippen LogP contribution >= 0.6 is 0 Å². The third-order valence-electron chi connectivity index (χ3n) is 6.46. The molecule has 1 atom stereocenters. The summed E-state index contributed by atoms with van der Waals surface area (Å²) < 4.78 is 41.0. The molecule has 4 rings (SSSR count). The van der Waals surface area contributed by atoms with Gasteiger partial charge in [0.2, 0.25) is 0 Å². The monoisotopic (exact) mass is 488 g/mol. The van der Waals surface area contributed by atoms with Crippen LogP contribution in [0.15, 0.2) is 42.5 Å². The number of nitrogens with one attached hydrogen (secondary N) is 1. The fraction of sp³-hybridized carbons (Fsp3) is 0.400. The smallest absolute Gasteiger partial charge is 0.264 e. The number of nitrogens with two attached hydrogens (primary N) is 1. The molecule has 0 aromatic heterocycles. The van der Waals surface area contributed by atoms with Gasteiger partial charge in [0.1, 0.15) is 17.5 Å². The fourth-order valence-corrected chi connectivity index (χ4v) is 4.67. The van der Waals surface area contributed by atoms with Crippen molar-refractivity contribution in [3.63, 3.8) is 0 Å². The van der Waals surface area contributed by atoms with Crippen LogP contribution in [0.5, 0.6) is 0 Å². The Balaban J connectivity index is 1.65. The number of carbonyl (C=O) groups is 3. The highest BCUT2D eigenvalue weighted by Gasteiger charge is 2.41. The van der Waals surface area contributed by atoms with Crippen molar-refractivity contribution >= 4 is 17.7 Å². The van der Waals surface area contributed by atoms with Gasteiger partial charge in [0, 0.05) is 42.4 Å². The first kappa shape index (κ1) is 24.7. The maximum Gasteiger partial charge on any atom is 0.264 e. The number of benzene rings is 2. The summed E-state index contributed by atoms with van der Waals surface area (Å²) in [6.45, 7) is 0.281. The number of carbonyl (C=O) groups excluding carboxylic acids is 3. The Hall–Kier alpha value is -3.40. The topological polar surface area (TPSA) is 95.7 Å². The van der Waals surface area contributed by atoms with Crippen LogP contribution in [0.2, 0.25) is 0 Å². The molecule has 10 heteroatoms. The van der Waals surface area contributed by atoms with Gasteiger partial charge in [-0.15, -0.1) is 0 Å². The van der Waals surface area contributed by atoms with Crippen LogP contribution in [0.25, 0.3) is 0 Å². The van der Waals surface area contributed by atoms with Crippen LogP contribution in [0.3, 0.4) is 0 Å². The Morgan fingerprint density at radius 2 is 1.31 bits per heavy atom. The second kappa shape index (κ2) is 10.5. The zero-order chi connectivity index (χ0) is 25.1. The molecule has 1 aliphatic heterocycles. The average molecular weight is 489 g/mol. The Bertz CT molecular complexity index is 1080. The fourth-order valence-electron chi connectivity index (χ4n) is 4.67. The van der Waals surface area contributed by atoms with Crippen LogP contribution in [0.1, 0.15) is 52.8 Å². The van der Waals surface area contributed by atoms with Crippen molar-refractivity contribution in [1.29, 1.82) is 0 Å². The molecule has 1 aliphatic carbocycles. The minimum absolute atomic E-state index is 0.0651. The summed E-state index contributed by atoms with van der Waals surface area (Å²) in [5.74, 6) is -4.27. The normalized spacial score (nSPS) is 22.6. The van der Waals surface area contributed by atoms with E-state index in [1.807, 2.05) is 0 Å². The second-order valence-electron chi connectivity index (χ2n) is 9.01. The van der Waals surface area contributed by atoms with E-state index in [9.17, 15) is 27.6 Å². The highest BCUT2D eigenvalue weighted by atomic mass is 19.1. The molecule has 1 unspecified atom stereocenters. The van der Waals surface area contributed by atoms with Gasteiger partial charge in [-0.1, -0.05) is 0 Å². The maximum absolute atomic E-state index is 13.8. The summed E-state index contributed by atoms with van der Waals surface area (Å²) in [6, 6.07) is 7.20. The molecule has 2 aromatic rings. The lowest BCUT2D eigenvalue weighted by atomic mass is 9.91. The first-order valence-corrected chi connectivity index (χ1v) is 11.6. The van der Waals surface area contributed by atoms with Gasteiger partial charge in [0.25, 0.3) is 17.7 Å².